The van der Waals surface area contributed by atoms with Crippen LogP contribution in [0.2, 0.25) is 0 Å². The Morgan fingerprint density at radius 2 is 1.83 bits per heavy atom. The molecule has 1 aromatic heterocycles. The molecule has 0 unspecified atom stereocenters. The van der Waals surface area contributed by atoms with Crippen LogP contribution in [0, 0.1) is 5.92 Å². The maximum Gasteiger partial charge on any atom is 0.225 e. The van der Waals surface area contributed by atoms with Crippen LogP contribution in [0.4, 0.5) is 5.82 Å². The number of amides is 1. The van der Waals surface area contributed by atoms with Gasteiger partial charge in [-0.1, -0.05) is 20.8 Å². The number of rotatable bonds is 2. The third-order valence-corrected chi connectivity index (χ3v) is 5.75. The number of carbonyl (C=O) groups is 1. The molecule has 0 aromatic carbocycles. The number of thioether (sulfide) groups is 1. The Balaban J connectivity index is 1.60. The van der Waals surface area contributed by atoms with Gasteiger partial charge in [0.2, 0.25) is 5.91 Å². The molecule has 2 aliphatic rings. The largest absolute Gasteiger partial charge is 0.356 e. The highest BCUT2D eigenvalue weighted by Crippen LogP contribution is 2.26. The van der Waals surface area contributed by atoms with Gasteiger partial charge in [-0.25, -0.2) is 9.97 Å². The third-order valence-electron chi connectivity index (χ3n) is 4.80. The van der Waals surface area contributed by atoms with Gasteiger partial charge in [-0.05, 0) is 18.9 Å². The lowest BCUT2D eigenvalue weighted by atomic mass is 9.94. The first-order valence-corrected chi connectivity index (χ1v) is 10.1. The Morgan fingerprint density at radius 1 is 1.17 bits per heavy atom. The number of anilines is 1. The van der Waals surface area contributed by atoms with Crippen molar-refractivity contribution in [2.24, 2.45) is 5.92 Å². The minimum Gasteiger partial charge on any atom is -0.356 e. The quantitative estimate of drug-likeness (QED) is 0.822. The summed E-state index contributed by atoms with van der Waals surface area (Å²) in [5.74, 6) is 4.60. The molecule has 1 amide bonds. The predicted octanol–water partition coefficient (Wildman–Crippen LogP) is 2.57. The fourth-order valence-electron chi connectivity index (χ4n) is 3.28. The second-order valence-electron chi connectivity index (χ2n) is 7.69. The zero-order valence-electron chi connectivity index (χ0n) is 15.0. The maximum absolute atomic E-state index is 12.7. The highest BCUT2D eigenvalue weighted by molar-refractivity contribution is 7.99. The van der Waals surface area contributed by atoms with Crippen LogP contribution in [0.25, 0.3) is 0 Å². The highest BCUT2D eigenvalue weighted by Gasteiger charge is 2.30. The highest BCUT2D eigenvalue weighted by atomic mass is 32.2. The van der Waals surface area contributed by atoms with Crippen molar-refractivity contribution in [1.29, 1.82) is 0 Å². The van der Waals surface area contributed by atoms with Crippen molar-refractivity contribution in [3.05, 3.63) is 18.1 Å². The van der Waals surface area contributed by atoms with Gasteiger partial charge in [0, 0.05) is 55.2 Å². The molecule has 2 saturated heterocycles. The van der Waals surface area contributed by atoms with E-state index < -0.39 is 0 Å². The van der Waals surface area contributed by atoms with Crippen LogP contribution >= 0.6 is 11.8 Å². The van der Waals surface area contributed by atoms with E-state index >= 15 is 0 Å². The summed E-state index contributed by atoms with van der Waals surface area (Å²) in [5.41, 5.74) is -0.0451. The van der Waals surface area contributed by atoms with Crippen molar-refractivity contribution in [1.82, 2.24) is 14.9 Å². The van der Waals surface area contributed by atoms with Gasteiger partial charge in [0.05, 0.1) is 0 Å². The van der Waals surface area contributed by atoms with Gasteiger partial charge < -0.3 is 9.80 Å². The minimum atomic E-state index is -0.0451. The number of aromatic nitrogens is 2. The SMILES string of the molecule is CC(C)(C)c1nccc(N2CCC(C(=O)N3CCSCC3)CC2)n1. The zero-order valence-corrected chi connectivity index (χ0v) is 15.8. The van der Waals surface area contributed by atoms with E-state index in [-0.39, 0.29) is 11.3 Å². The predicted molar refractivity (Wildman–Crippen MR) is 99.6 cm³/mol. The lowest BCUT2D eigenvalue weighted by molar-refractivity contribution is -0.135. The molecule has 0 atom stereocenters. The van der Waals surface area contributed by atoms with Crippen molar-refractivity contribution in [3.63, 3.8) is 0 Å². The second kappa shape index (κ2) is 7.30. The number of hydrogen-bond acceptors (Lipinski definition) is 5. The second-order valence-corrected chi connectivity index (χ2v) is 8.91. The van der Waals surface area contributed by atoms with Gasteiger partial charge in [0.15, 0.2) is 0 Å². The van der Waals surface area contributed by atoms with Gasteiger partial charge in [-0.2, -0.15) is 11.8 Å². The van der Waals surface area contributed by atoms with E-state index in [2.05, 4.69) is 35.6 Å². The van der Waals surface area contributed by atoms with Gasteiger partial charge >= 0.3 is 0 Å². The van der Waals surface area contributed by atoms with Crippen molar-refractivity contribution in [2.75, 3.05) is 42.6 Å². The first kappa shape index (κ1) is 17.5. The van der Waals surface area contributed by atoms with Crippen LogP contribution in [0.15, 0.2) is 12.3 Å². The summed E-state index contributed by atoms with van der Waals surface area (Å²) < 4.78 is 0. The lowest BCUT2D eigenvalue weighted by Gasteiger charge is -2.36. The topological polar surface area (TPSA) is 49.3 Å². The maximum atomic E-state index is 12.7. The Bertz CT molecular complexity index is 573. The van der Waals surface area contributed by atoms with Gasteiger partial charge in [0.1, 0.15) is 11.6 Å². The number of nitrogens with zero attached hydrogens (tertiary/aromatic N) is 4. The molecular formula is C18H28N4OS. The number of piperidine rings is 1. The standard InChI is InChI=1S/C18H28N4OS/c1-18(2,3)17-19-7-4-15(20-17)21-8-5-14(6-9-21)16(23)22-10-12-24-13-11-22/h4,7,14H,5-6,8-13H2,1-3H3. The van der Waals surface area contributed by atoms with Crippen LogP contribution in [0.3, 0.4) is 0 Å². The van der Waals surface area contributed by atoms with Crippen molar-refractivity contribution in [3.8, 4) is 0 Å². The molecule has 0 saturated carbocycles. The van der Waals surface area contributed by atoms with Gasteiger partial charge in [-0.3, -0.25) is 4.79 Å². The van der Waals surface area contributed by atoms with Gasteiger partial charge in [-0.15, -0.1) is 0 Å². The fourth-order valence-corrected chi connectivity index (χ4v) is 4.19. The fraction of sp³-hybridized carbons (Fsp3) is 0.722. The Kier molecular flexibility index (Phi) is 5.33. The molecule has 2 fully saturated rings. The molecule has 3 heterocycles. The van der Waals surface area contributed by atoms with Crippen molar-refractivity contribution < 1.29 is 4.79 Å². The molecular weight excluding hydrogens is 320 g/mol. The van der Waals surface area contributed by atoms with E-state index in [0.29, 0.717) is 5.91 Å². The molecule has 0 radical (unpaired) electrons. The summed E-state index contributed by atoms with van der Waals surface area (Å²) in [6, 6.07) is 1.99. The molecule has 6 heteroatoms. The summed E-state index contributed by atoms with van der Waals surface area (Å²) in [5, 5.41) is 0. The Morgan fingerprint density at radius 3 is 2.46 bits per heavy atom. The van der Waals surface area contributed by atoms with E-state index in [0.717, 1.165) is 62.2 Å². The molecule has 0 aliphatic carbocycles. The van der Waals surface area contributed by atoms with E-state index in [1.807, 2.05) is 24.0 Å². The zero-order chi connectivity index (χ0) is 17.2. The third kappa shape index (κ3) is 4.02. The summed E-state index contributed by atoms with van der Waals surface area (Å²) in [6.07, 6.45) is 3.71. The lowest BCUT2D eigenvalue weighted by Crippen LogP contribution is -2.45. The normalized spacial score (nSPS) is 20.3. The van der Waals surface area contributed by atoms with Crippen LogP contribution in [0.1, 0.15) is 39.4 Å². The van der Waals surface area contributed by atoms with Crippen molar-refractivity contribution >= 4 is 23.5 Å². The van der Waals surface area contributed by atoms with Crippen LogP contribution < -0.4 is 4.90 Å². The number of hydrogen-bond donors (Lipinski definition) is 0. The van der Waals surface area contributed by atoms with Crippen molar-refractivity contribution in [2.45, 2.75) is 39.0 Å². The molecule has 0 N–H and O–H groups in total. The molecule has 0 spiro atoms. The van der Waals surface area contributed by atoms with E-state index in [1.54, 1.807) is 0 Å². The first-order chi connectivity index (χ1) is 11.4. The molecule has 3 rings (SSSR count). The average Bonchev–Trinajstić information content (AvgIpc) is 2.61. The summed E-state index contributed by atoms with van der Waals surface area (Å²) >= 11 is 1.95. The first-order valence-electron chi connectivity index (χ1n) is 8.90. The van der Waals surface area contributed by atoms with E-state index in [9.17, 15) is 4.79 Å². The molecule has 2 aliphatic heterocycles. The van der Waals surface area contributed by atoms with Crippen LogP contribution in [-0.2, 0) is 10.2 Å². The molecule has 1 aromatic rings. The summed E-state index contributed by atoms with van der Waals surface area (Å²) in [4.78, 5) is 26.2. The smallest absolute Gasteiger partial charge is 0.225 e. The van der Waals surface area contributed by atoms with E-state index in [4.69, 9.17) is 4.98 Å². The summed E-state index contributed by atoms with van der Waals surface area (Å²) in [7, 11) is 0. The average molecular weight is 349 g/mol. The number of carbonyl (C=O) groups excluding carboxylic acids is 1. The Hall–Kier alpha value is -1.30. The molecule has 0 bridgehead atoms. The van der Waals surface area contributed by atoms with Crippen LogP contribution in [-0.4, -0.2) is 58.5 Å². The van der Waals surface area contributed by atoms with E-state index in [1.165, 1.54) is 0 Å². The monoisotopic (exact) mass is 348 g/mol. The van der Waals surface area contributed by atoms with Crippen LogP contribution in [0.5, 0.6) is 0 Å². The molecule has 5 nitrogen and oxygen atoms in total. The summed E-state index contributed by atoms with van der Waals surface area (Å²) in [6.45, 7) is 10.0. The molecule has 132 valence electrons. The minimum absolute atomic E-state index is 0.0451. The molecule has 24 heavy (non-hydrogen) atoms. The van der Waals surface area contributed by atoms with Gasteiger partial charge in [0.25, 0.3) is 0 Å². The Labute approximate surface area is 149 Å².